The number of rotatable bonds is 3. The molecule has 0 saturated heterocycles. The summed E-state index contributed by atoms with van der Waals surface area (Å²) in [4.78, 5) is 26.3. The van der Waals surface area contributed by atoms with E-state index in [0.717, 1.165) is 25.2 Å². The zero-order valence-electron chi connectivity index (χ0n) is 15.1. The second-order valence-electron chi connectivity index (χ2n) is 7.46. The highest BCUT2D eigenvalue weighted by atomic mass is 16.1. The van der Waals surface area contributed by atoms with Gasteiger partial charge in [-0.1, -0.05) is 37.6 Å². The largest absolute Gasteiger partial charge is 0.284 e. The average Bonchev–Trinajstić information content (AvgIpc) is 2.83. The molecule has 1 heterocycles. The Morgan fingerprint density at radius 1 is 1.04 bits per heavy atom. The van der Waals surface area contributed by atoms with Crippen LogP contribution in [0, 0.1) is 6.92 Å². The number of aromatic nitrogens is 2. The van der Waals surface area contributed by atoms with E-state index < -0.39 is 0 Å². The fraction of sp³-hybridized carbons (Fsp3) is 0.450. The second-order valence-corrected chi connectivity index (χ2v) is 7.46. The molecule has 0 N–H and O–H groups in total. The van der Waals surface area contributed by atoms with Crippen molar-refractivity contribution in [3.63, 3.8) is 0 Å². The highest BCUT2D eigenvalue weighted by Gasteiger charge is 2.45. The first-order chi connectivity index (χ1) is 11.3. The molecule has 126 valence electrons. The Kier molecular flexibility index (Phi) is 3.94. The van der Waals surface area contributed by atoms with Crippen LogP contribution in [0.2, 0.25) is 0 Å². The van der Waals surface area contributed by atoms with Crippen molar-refractivity contribution in [2.45, 2.75) is 59.5 Å². The Bertz CT molecular complexity index is 838. The van der Waals surface area contributed by atoms with Gasteiger partial charge in [-0.3, -0.25) is 9.59 Å². The lowest BCUT2D eigenvalue weighted by Gasteiger charge is -2.20. The predicted molar refractivity (Wildman–Crippen MR) is 92.6 cm³/mol. The van der Waals surface area contributed by atoms with Crippen molar-refractivity contribution in [2.75, 3.05) is 0 Å². The molecule has 1 aromatic carbocycles. The van der Waals surface area contributed by atoms with Gasteiger partial charge in [0.05, 0.1) is 6.54 Å². The molecular weight excluding hydrogens is 300 g/mol. The quantitative estimate of drug-likeness (QED) is 0.693. The van der Waals surface area contributed by atoms with Gasteiger partial charge in [0.2, 0.25) is 23.0 Å². The molecule has 1 aliphatic rings. The van der Waals surface area contributed by atoms with Crippen molar-refractivity contribution >= 4 is 11.6 Å². The van der Waals surface area contributed by atoms with Gasteiger partial charge in [0, 0.05) is 18.1 Å². The molecule has 4 nitrogen and oxygen atoms in total. The van der Waals surface area contributed by atoms with Crippen LogP contribution in [-0.4, -0.2) is 16.1 Å². The van der Waals surface area contributed by atoms with Gasteiger partial charge in [0.15, 0.2) is 0 Å². The Morgan fingerprint density at radius 2 is 1.62 bits per heavy atom. The molecule has 0 fully saturated rings. The molecule has 0 bridgehead atoms. The lowest BCUT2D eigenvalue weighted by atomic mass is 9.89. The summed E-state index contributed by atoms with van der Waals surface area (Å²) in [6.45, 7) is 11.1. The topological polar surface area (TPSA) is 43.0 Å². The zero-order valence-corrected chi connectivity index (χ0v) is 15.1. The molecule has 24 heavy (non-hydrogen) atoms. The SMILES string of the molecule is CCCC[n+]1c2c(n(C(C)(C)C)c1C)C(=O)c1ccccc1C2=O. The first-order valence-corrected chi connectivity index (χ1v) is 8.63. The van der Waals surface area contributed by atoms with Crippen molar-refractivity contribution in [2.24, 2.45) is 0 Å². The molecule has 1 aromatic heterocycles. The van der Waals surface area contributed by atoms with E-state index in [1.165, 1.54) is 0 Å². The van der Waals surface area contributed by atoms with Crippen LogP contribution in [0.5, 0.6) is 0 Å². The van der Waals surface area contributed by atoms with Crippen LogP contribution in [0.3, 0.4) is 0 Å². The van der Waals surface area contributed by atoms with Gasteiger partial charge < -0.3 is 0 Å². The maximum Gasteiger partial charge on any atom is 0.254 e. The molecule has 0 spiro atoms. The number of hydrogen-bond donors (Lipinski definition) is 0. The summed E-state index contributed by atoms with van der Waals surface area (Å²) in [5.41, 5.74) is 1.86. The smallest absolute Gasteiger partial charge is 0.254 e. The number of fused-ring (bicyclic) bond motifs is 2. The second kappa shape index (κ2) is 5.69. The molecule has 0 atom stereocenters. The van der Waals surface area contributed by atoms with Crippen LogP contribution < -0.4 is 4.57 Å². The fourth-order valence-electron chi connectivity index (χ4n) is 3.66. The number of imidazole rings is 1. The van der Waals surface area contributed by atoms with Gasteiger partial charge in [-0.2, -0.15) is 0 Å². The van der Waals surface area contributed by atoms with Crippen LogP contribution in [0.25, 0.3) is 0 Å². The summed E-state index contributed by atoms with van der Waals surface area (Å²) >= 11 is 0. The number of benzene rings is 1. The highest BCUT2D eigenvalue weighted by Crippen LogP contribution is 2.30. The lowest BCUT2D eigenvalue weighted by Crippen LogP contribution is -2.43. The number of carbonyl (C=O) groups excluding carboxylic acids is 2. The molecule has 3 rings (SSSR count). The Morgan fingerprint density at radius 3 is 2.17 bits per heavy atom. The van der Waals surface area contributed by atoms with E-state index in [1.807, 2.05) is 28.2 Å². The van der Waals surface area contributed by atoms with Crippen molar-refractivity contribution in [3.8, 4) is 0 Å². The van der Waals surface area contributed by atoms with E-state index in [0.29, 0.717) is 22.5 Å². The van der Waals surface area contributed by atoms with Crippen LogP contribution in [0.1, 0.15) is 78.5 Å². The van der Waals surface area contributed by atoms with Crippen LogP contribution >= 0.6 is 0 Å². The summed E-state index contributed by atoms with van der Waals surface area (Å²) in [7, 11) is 0. The van der Waals surface area contributed by atoms with Gasteiger partial charge in [-0.25, -0.2) is 9.13 Å². The van der Waals surface area contributed by atoms with E-state index in [-0.39, 0.29) is 17.1 Å². The zero-order chi connectivity index (χ0) is 17.6. The maximum atomic E-state index is 13.2. The lowest BCUT2D eigenvalue weighted by molar-refractivity contribution is -0.704. The van der Waals surface area contributed by atoms with Gasteiger partial charge in [-0.05, 0) is 27.2 Å². The maximum absolute atomic E-state index is 13.2. The summed E-state index contributed by atoms with van der Waals surface area (Å²) in [6.07, 6.45) is 2.02. The number of carbonyl (C=O) groups is 2. The molecular formula is C20H25N2O2+. The van der Waals surface area contributed by atoms with E-state index in [4.69, 9.17) is 0 Å². The highest BCUT2D eigenvalue weighted by molar-refractivity contribution is 6.26. The molecule has 0 saturated carbocycles. The first kappa shape index (κ1) is 16.6. The van der Waals surface area contributed by atoms with E-state index in [2.05, 4.69) is 27.7 Å². The average molecular weight is 325 g/mol. The Labute approximate surface area is 143 Å². The first-order valence-electron chi connectivity index (χ1n) is 8.63. The van der Waals surface area contributed by atoms with Crippen molar-refractivity contribution in [1.29, 1.82) is 0 Å². The van der Waals surface area contributed by atoms with Gasteiger partial charge in [-0.15, -0.1) is 0 Å². The summed E-state index contributed by atoms with van der Waals surface area (Å²) in [5, 5.41) is 0. The minimum Gasteiger partial charge on any atom is -0.284 e. The number of nitrogens with zero attached hydrogens (tertiary/aromatic N) is 2. The minimum atomic E-state index is -0.270. The third-order valence-corrected chi connectivity index (χ3v) is 4.68. The molecule has 4 heteroatoms. The normalized spacial score (nSPS) is 13.9. The predicted octanol–water partition coefficient (Wildman–Crippen LogP) is 3.41. The van der Waals surface area contributed by atoms with Crippen LogP contribution in [0.4, 0.5) is 0 Å². The van der Waals surface area contributed by atoms with Crippen molar-refractivity contribution < 1.29 is 14.2 Å². The third-order valence-electron chi connectivity index (χ3n) is 4.68. The monoisotopic (exact) mass is 325 g/mol. The van der Waals surface area contributed by atoms with E-state index in [1.54, 1.807) is 12.1 Å². The van der Waals surface area contributed by atoms with Gasteiger partial charge >= 0.3 is 0 Å². The molecule has 1 aliphatic carbocycles. The van der Waals surface area contributed by atoms with Crippen LogP contribution in [0.15, 0.2) is 24.3 Å². The molecule has 0 unspecified atom stereocenters. The Balaban J connectivity index is 2.34. The van der Waals surface area contributed by atoms with Gasteiger partial charge in [0.25, 0.3) is 5.82 Å². The molecule has 0 radical (unpaired) electrons. The van der Waals surface area contributed by atoms with Gasteiger partial charge in [0.1, 0.15) is 5.54 Å². The number of unbranched alkanes of at least 4 members (excludes halogenated alkanes) is 1. The molecule has 0 aliphatic heterocycles. The number of ketones is 2. The summed E-state index contributed by atoms with van der Waals surface area (Å²) < 4.78 is 4.08. The summed E-state index contributed by atoms with van der Waals surface area (Å²) in [6, 6.07) is 7.15. The molecule has 0 amide bonds. The standard InChI is InChI=1S/C20H25N2O2/c1-6-7-12-21-13(2)22(20(3,4)5)17-16(21)18(23)14-10-8-9-11-15(14)19(17)24/h8-11H,6-7,12H2,1-5H3/q+1. The minimum absolute atomic E-state index is 0.0394. The fourth-order valence-corrected chi connectivity index (χ4v) is 3.66. The Hall–Kier alpha value is -2.23. The van der Waals surface area contributed by atoms with E-state index in [9.17, 15) is 9.59 Å². The summed E-state index contributed by atoms with van der Waals surface area (Å²) in [5.74, 6) is 0.881. The van der Waals surface area contributed by atoms with Crippen molar-refractivity contribution in [1.82, 2.24) is 4.57 Å². The molecule has 2 aromatic rings. The van der Waals surface area contributed by atoms with E-state index >= 15 is 0 Å². The number of hydrogen-bond acceptors (Lipinski definition) is 2. The van der Waals surface area contributed by atoms with Crippen molar-refractivity contribution in [3.05, 3.63) is 52.6 Å². The van der Waals surface area contributed by atoms with Crippen LogP contribution in [-0.2, 0) is 12.1 Å². The third kappa shape index (κ3) is 2.32.